The van der Waals surface area contributed by atoms with Gasteiger partial charge in [0, 0.05) is 29.9 Å². The molecular formula is C18H19ClN4O. The molecule has 24 heavy (non-hydrogen) atoms. The van der Waals surface area contributed by atoms with Crippen LogP contribution in [0.15, 0.2) is 42.6 Å². The molecule has 0 spiro atoms. The summed E-state index contributed by atoms with van der Waals surface area (Å²) in [5.74, 6) is 0.779. The van der Waals surface area contributed by atoms with Crippen molar-refractivity contribution in [2.75, 3.05) is 13.1 Å². The first-order chi connectivity index (χ1) is 11.6. The van der Waals surface area contributed by atoms with Gasteiger partial charge in [-0.15, -0.1) is 0 Å². The number of hydrogen-bond donors (Lipinski definition) is 0. The van der Waals surface area contributed by atoms with Gasteiger partial charge < -0.3 is 4.90 Å². The lowest BCUT2D eigenvalue weighted by Crippen LogP contribution is -2.33. The summed E-state index contributed by atoms with van der Waals surface area (Å²) in [6.45, 7) is 5.54. The van der Waals surface area contributed by atoms with Crippen LogP contribution in [-0.4, -0.2) is 38.4 Å². The number of hydrogen-bond acceptors (Lipinski definition) is 3. The number of benzene rings is 1. The van der Waals surface area contributed by atoms with E-state index in [2.05, 4.69) is 9.97 Å². The lowest BCUT2D eigenvalue weighted by Gasteiger charge is -2.19. The molecule has 0 radical (unpaired) electrons. The Morgan fingerprint density at radius 3 is 2.54 bits per heavy atom. The van der Waals surface area contributed by atoms with Crippen molar-refractivity contribution < 1.29 is 4.79 Å². The Morgan fingerprint density at radius 2 is 1.88 bits per heavy atom. The van der Waals surface area contributed by atoms with Gasteiger partial charge in [0.1, 0.15) is 17.9 Å². The summed E-state index contributed by atoms with van der Waals surface area (Å²) in [6, 6.07) is 11.2. The Kier molecular flexibility index (Phi) is 4.81. The number of nitrogens with zero attached hydrogens (tertiary/aromatic N) is 4. The second kappa shape index (κ2) is 7.01. The summed E-state index contributed by atoms with van der Waals surface area (Å²) >= 11 is 5.98. The van der Waals surface area contributed by atoms with E-state index in [0.29, 0.717) is 23.8 Å². The first-order valence-electron chi connectivity index (χ1n) is 7.99. The molecule has 3 rings (SSSR count). The van der Waals surface area contributed by atoms with E-state index in [0.717, 1.165) is 16.9 Å². The molecule has 0 bridgehead atoms. The van der Waals surface area contributed by atoms with Crippen LogP contribution in [0.5, 0.6) is 0 Å². The van der Waals surface area contributed by atoms with Gasteiger partial charge >= 0.3 is 0 Å². The monoisotopic (exact) mass is 342 g/mol. The van der Waals surface area contributed by atoms with Gasteiger partial charge in [-0.25, -0.2) is 9.97 Å². The van der Waals surface area contributed by atoms with Crippen LogP contribution in [0.4, 0.5) is 0 Å². The van der Waals surface area contributed by atoms with Crippen LogP contribution in [0.2, 0.25) is 5.02 Å². The summed E-state index contributed by atoms with van der Waals surface area (Å²) in [5.41, 5.74) is 2.39. The van der Waals surface area contributed by atoms with E-state index in [1.807, 2.05) is 54.8 Å². The van der Waals surface area contributed by atoms with Gasteiger partial charge in [0.2, 0.25) is 5.91 Å². The number of carbonyl (C=O) groups excluding carboxylic acids is 1. The summed E-state index contributed by atoms with van der Waals surface area (Å²) < 4.78 is 1.87. The number of imidazole rings is 1. The van der Waals surface area contributed by atoms with Gasteiger partial charge in [-0.05, 0) is 50.2 Å². The van der Waals surface area contributed by atoms with Crippen molar-refractivity contribution in [1.82, 2.24) is 19.4 Å². The molecular weight excluding hydrogens is 324 g/mol. The van der Waals surface area contributed by atoms with Crippen molar-refractivity contribution >= 4 is 28.7 Å². The molecule has 0 aliphatic rings. The van der Waals surface area contributed by atoms with Crippen molar-refractivity contribution in [2.45, 2.75) is 20.4 Å². The minimum Gasteiger partial charge on any atom is -0.342 e. The fraction of sp³-hybridized carbons (Fsp3) is 0.278. The smallest absolute Gasteiger partial charge is 0.242 e. The Hall–Kier alpha value is -2.40. The average Bonchev–Trinajstić information content (AvgIpc) is 2.95. The van der Waals surface area contributed by atoms with Gasteiger partial charge in [-0.1, -0.05) is 11.6 Å². The number of pyridine rings is 1. The SMILES string of the molecule is CCN(CC)C(=O)Cn1c(-c2ccc(Cl)cc2)nc2cccnc21. The maximum Gasteiger partial charge on any atom is 0.242 e. The summed E-state index contributed by atoms with van der Waals surface area (Å²) in [5, 5.41) is 0.666. The largest absolute Gasteiger partial charge is 0.342 e. The highest BCUT2D eigenvalue weighted by Crippen LogP contribution is 2.25. The molecule has 1 aromatic carbocycles. The second-order valence-corrected chi connectivity index (χ2v) is 5.88. The van der Waals surface area contributed by atoms with E-state index in [4.69, 9.17) is 11.6 Å². The summed E-state index contributed by atoms with van der Waals surface area (Å²) in [7, 11) is 0. The highest BCUT2D eigenvalue weighted by molar-refractivity contribution is 6.30. The standard InChI is InChI=1S/C18H19ClN4O/c1-3-22(4-2)16(24)12-23-17(13-7-9-14(19)10-8-13)21-15-6-5-11-20-18(15)23/h5-11H,3-4,12H2,1-2H3. The Morgan fingerprint density at radius 1 is 1.17 bits per heavy atom. The molecule has 0 unspecified atom stereocenters. The highest BCUT2D eigenvalue weighted by atomic mass is 35.5. The predicted molar refractivity (Wildman–Crippen MR) is 95.9 cm³/mol. The number of fused-ring (bicyclic) bond motifs is 1. The minimum atomic E-state index is 0.0557. The van der Waals surface area contributed by atoms with E-state index in [9.17, 15) is 4.79 Å². The number of aromatic nitrogens is 3. The van der Waals surface area contributed by atoms with Crippen LogP contribution in [-0.2, 0) is 11.3 Å². The lowest BCUT2D eigenvalue weighted by atomic mass is 10.2. The predicted octanol–water partition coefficient (Wildman–Crippen LogP) is 3.62. The van der Waals surface area contributed by atoms with E-state index < -0.39 is 0 Å². The maximum atomic E-state index is 12.6. The van der Waals surface area contributed by atoms with Crippen molar-refractivity contribution in [3.05, 3.63) is 47.6 Å². The van der Waals surface area contributed by atoms with Crippen molar-refractivity contribution in [2.24, 2.45) is 0 Å². The zero-order valence-electron chi connectivity index (χ0n) is 13.7. The van der Waals surface area contributed by atoms with Gasteiger partial charge in [0.15, 0.2) is 5.65 Å². The van der Waals surface area contributed by atoms with E-state index in [-0.39, 0.29) is 12.5 Å². The molecule has 3 aromatic rings. The highest BCUT2D eigenvalue weighted by Gasteiger charge is 2.18. The zero-order valence-corrected chi connectivity index (χ0v) is 14.5. The molecule has 0 atom stereocenters. The normalized spacial score (nSPS) is 11.0. The zero-order chi connectivity index (χ0) is 17.1. The third-order valence-electron chi connectivity index (χ3n) is 4.02. The van der Waals surface area contributed by atoms with Crippen LogP contribution >= 0.6 is 11.6 Å². The van der Waals surface area contributed by atoms with Crippen LogP contribution in [0.1, 0.15) is 13.8 Å². The molecule has 0 aliphatic carbocycles. The third-order valence-corrected chi connectivity index (χ3v) is 4.27. The van der Waals surface area contributed by atoms with E-state index in [1.165, 1.54) is 0 Å². The third kappa shape index (κ3) is 3.12. The minimum absolute atomic E-state index is 0.0557. The number of amides is 1. The maximum absolute atomic E-state index is 12.6. The lowest BCUT2D eigenvalue weighted by molar-refractivity contribution is -0.131. The van der Waals surface area contributed by atoms with Crippen molar-refractivity contribution in [1.29, 1.82) is 0 Å². The van der Waals surface area contributed by atoms with Gasteiger partial charge in [-0.2, -0.15) is 0 Å². The fourth-order valence-corrected chi connectivity index (χ4v) is 2.87. The number of rotatable bonds is 5. The van der Waals surface area contributed by atoms with E-state index in [1.54, 1.807) is 11.1 Å². The van der Waals surface area contributed by atoms with Crippen molar-refractivity contribution in [3.8, 4) is 11.4 Å². The Balaban J connectivity index is 2.08. The Labute approximate surface area is 145 Å². The van der Waals surface area contributed by atoms with Crippen LogP contribution < -0.4 is 0 Å². The molecule has 2 aromatic heterocycles. The average molecular weight is 343 g/mol. The number of halogens is 1. The molecule has 0 aliphatic heterocycles. The van der Waals surface area contributed by atoms with Crippen LogP contribution in [0.25, 0.3) is 22.6 Å². The topological polar surface area (TPSA) is 51.0 Å². The molecule has 0 fully saturated rings. The molecule has 124 valence electrons. The molecule has 0 N–H and O–H groups in total. The van der Waals surface area contributed by atoms with Crippen LogP contribution in [0.3, 0.4) is 0 Å². The molecule has 0 saturated carbocycles. The van der Waals surface area contributed by atoms with Gasteiger partial charge in [-0.3, -0.25) is 9.36 Å². The molecule has 6 heteroatoms. The summed E-state index contributed by atoms with van der Waals surface area (Å²) in [4.78, 5) is 23.5. The Bertz CT molecular complexity index is 853. The second-order valence-electron chi connectivity index (χ2n) is 5.44. The molecule has 0 saturated heterocycles. The van der Waals surface area contributed by atoms with E-state index >= 15 is 0 Å². The van der Waals surface area contributed by atoms with Gasteiger partial charge in [0.25, 0.3) is 0 Å². The number of likely N-dealkylation sites (N-methyl/N-ethyl adjacent to an activating group) is 1. The molecule has 2 heterocycles. The van der Waals surface area contributed by atoms with Crippen molar-refractivity contribution in [3.63, 3.8) is 0 Å². The fourth-order valence-electron chi connectivity index (χ4n) is 2.74. The first-order valence-corrected chi connectivity index (χ1v) is 8.36. The van der Waals surface area contributed by atoms with Gasteiger partial charge in [0.05, 0.1) is 0 Å². The first kappa shape index (κ1) is 16.5. The quantitative estimate of drug-likeness (QED) is 0.711. The molecule has 5 nitrogen and oxygen atoms in total. The van der Waals surface area contributed by atoms with Crippen LogP contribution in [0, 0.1) is 0 Å². The molecule has 1 amide bonds. The summed E-state index contributed by atoms with van der Waals surface area (Å²) in [6.07, 6.45) is 1.72. The number of carbonyl (C=O) groups is 1.